The summed E-state index contributed by atoms with van der Waals surface area (Å²) >= 11 is 0. The Morgan fingerprint density at radius 3 is 2.27 bits per heavy atom. The topological polar surface area (TPSA) is 189 Å². The molecule has 1 amide bonds. The van der Waals surface area contributed by atoms with Crippen LogP contribution in [0.3, 0.4) is 0 Å². The summed E-state index contributed by atoms with van der Waals surface area (Å²) in [6, 6.07) is 6.98. The van der Waals surface area contributed by atoms with E-state index < -0.39 is 89.3 Å². The molecule has 0 spiro atoms. The van der Waals surface area contributed by atoms with Gasteiger partial charge in [-0.15, -0.1) is 0 Å². The van der Waals surface area contributed by atoms with Gasteiger partial charge >= 0.3 is 11.9 Å². The molecule has 270 valence electrons. The Morgan fingerprint density at radius 2 is 1.73 bits per heavy atom. The number of carbonyl (C=O) groups excluding carboxylic acids is 4. The first-order valence-corrected chi connectivity index (χ1v) is 16.9. The Labute approximate surface area is 287 Å². The minimum absolute atomic E-state index is 0.0352. The number of esters is 2. The molecule has 5 N–H and O–H groups in total. The van der Waals surface area contributed by atoms with Gasteiger partial charge in [-0.2, -0.15) is 0 Å². The lowest BCUT2D eigenvalue weighted by atomic mass is 9.52. The van der Waals surface area contributed by atoms with E-state index in [1.165, 1.54) is 13.0 Å². The van der Waals surface area contributed by atoms with Gasteiger partial charge in [0.2, 0.25) is 5.91 Å². The number of amides is 1. The van der Waals surface area contributed by atoms with E-state index in [1.807, 2.05) is 0 Å². The Balaban J connectivity index is 1.86. The normalized spacial score (nSPS) is 32.4. The van der Waals surface area contributed by atoms with Gasteiger partial charge in [0.05, 0.1) is 30.4 Å². The molecular formula is C37H51NO11. The van der Waals surface area contributed by atoms with Crippen molar-refractivity contribution in [3.63, 3.8) is 0 Å². The van der Waals surface area contributed by atoms with E-state index in [0.29, 0.717) is 5.57 Å². The standard InChI is InChI=1S/C37H51NO11/c1-9-25(40)29-21(5)27(48-34(44)31(42)24(15-19(2)3)38-22(6)39)17-37(46,35(29,7)8)32(49-33(43)23-13-11-10-12-14-23)30-20(4)26(41)16-28-36(30,45)18-47-28/h10-15,20,24,26-28,30-32,41-42,45-46H,9,16-18H2,1-8H3,(H,38,39)/t20-,24?,26?,27?,28?,30?,31?,32?,36?,37?/m0/s1. The van der Waals surface area contributed by atoms with Crippen molar-refractivity contribution in [2.45, 2.75) is 122 Å². The third-order valence-corrected chi connectivity index (χ3v) is 10.7. The number of Topliss-reactive ketones (excluding diaryl/α,β-unsaturated/α-hetero) is 1. The lowest BCUT2D eigenvalue weighted by Gasteiger charge is -2.62. The summed E-state index contributed by atoms with van der Waals surface area (Å²) < 4.78 is 17.7. The molecule has 3 aliphatic rings. The van der Waals surface area contributed by atoms with Crippen LogP contribution in [0.4, 0.5) is 0 Å². The van der Waals surface area contributed by atoms with Crippen molar-refractivity contribution in [3.8, 4) is 0 Å². The van der Waals surface area contributed by atoms with Gasteiger partial charge in [0.25, 0.3) is 0 Å². The largest absolute Gasteiger partial charge is 0.456 e. The van der Waals surface area contributed by atoms with Crippen molar-refractivity contribution in [2.24, 2.45) is 17.3 Å². The molecule has 0 bridgehead atoms. The molecule has 2 aliphatic carbocycles. The Hall–Kier alpha value is -3.42. The number of hydrogen-bond donors (Lipinski definition) is 5. The van der Waals surface area contributed by atoms with E-state index in [9.17, 15) is 39.6 Å². The van der Waals surface area contributed by atoms with Crippen molar-refractivity contribution >= 4 is 23.6 Å². The summed E-state index contributed by atoms with van der Waals surface area (Å²) in [7, 11) is 0. The fraction of sp³-hybridized carbons (Fsp3) is 0.622. The molecular weight excluding hydrogens is 634 g/mol. The number of fused-ring (bicyclic) bond motifs is 1. The first-order valence-electron chi connectivity index (χ1n) is 16.9. The predicted molar refractivity (Wildman–Crippen MR) is 178 cm³/mol. The molecule has 0 aromatic heterocycles. The van der Waals surface area contributed by atoms with Crippen LogP contribution in [-0.2, 0) is 28.6 Å². The van der Waals surface area contributed by atoms with Crippen LogP contribution in [-0.4, -0.2) is 98.4 Å². The monoisotopic (exact) mass is 685 g/mol. The molecule has 1 saturated heterocycles. The first-order chi connectivity index (χ1) is 22.8. The molecule has 12 nitrogen and oxygen atoms in total. The van der Waals surface area contributed by atoms with Crippen LogP contribution in [0.5, 0.6) is 0 Å². The minimum atomic E-state index is -2.18. The van der Waals surface area contributed by atoms with Gasteiger partial charge in [-0.1, -0.05) is 57.5 Å². The molecule has 1 aromatic carbocycles. The van der Waals surface area contributed by atoms with E-state index in [1.54, 1.807) is 78.8 Å². The average molecular weight is 686 g/mol. The van der Waals surface area contributed by atoms with Crippen LogP contribution >= 0.6 is 0 Å². The predicted octanol–water partition coefficient (Wildman–Crippen LogP) is 2.56. The molecule has 1 aromatic rings. The van der Waals surface area contributed by atoms with Crippen molar-refractivity contribution in [1.82, 2.24) is 5.32 Å². The maximum Gasteiger partial charge on any atom is 0.338 e. The van der Waals surface area contributed by atoms with Crippen molar-refractivity contribution < 1.29 is 53.8 Å². The summed E-state index contributed by atoms with van der Waals surface area (Å²) in [4.78, 5) is 52.9. The number of ether oxygens (including phenoxy) is 3. The maximum absolute atomic E-state index is 13.8. The average Bonchev–Trinajstić information content (AvgIpc) is 3.03. The van der Waals surface area contributed by atoms with Crippen LogP contribution < -0.4 is 5.32 Å². The highest BCUT2D eigenvalue weighted by Gasteiger charge is 2.69. The molecule has 10 atom stereocenters. The van der Waals surface area contributed by atoms with Crippen LogP contribution in [0.25, 0.3) is 0 Å². The molecule has 12 heteroatoms. The van der Waals surface area contributed by atoms with E-state index >= 15 is 0 Å². The summed E-state index contributed by atoms with van der Waals surface area (Å²) in [6.07, 6.45) is -5.18. The number of rotatable bonds is 11. The minimum Gasteiger partial charge on any atom is -0.456 e. The highest BCUT2D eigenvalue weighted by molar-refractivity contribution is 5.98. The van der Waals surface area contributed by atoms with E-state index in [0.717, 1.165) is 5.57 Å². The van der Waals surface area contributed by atoms with Gasteiger partial charge < -0.3 is 40.0 Å². The van der Waals surface area contributed by atoms with Crippen LogP contribution in [0.1, 0.15) is 85.0 Å². The maximum atomic E-state index is 13.8. The molecule has 49 heavy (non-hydrogen) atoms. The zero-order valence-electron chi connectivity index (χ0n) is 29.6. The smallest absolute Gasteiger partial charge is 0.338 e. The first kappa shape index (κ1) is 38.4. The second-order valence-electron chi connectivity index (χ2n) is 14.6. The van der Waals surface area contributed by atoms with E-state index in [-0.39, 0.29) is 36.4 Å². The Bertz CT molecular complexity index is 1500. The SMILES string of the molecule is CCC(=O)C1=C(C)C(OC(=O)C(O)C(C=C(C)C)NC(C)=O)CC(O)(C(OC(=O)c2ccccc2)C2[C@@H](C)C(O)CC3OCC32O)C1(C)C. The van der Waals surface area contributed by atoms with Crippen molar-refractivity contribution in [3.05, 3.63) is 58.7 Å². The number of benzene rings is 1. The third-order valence-electron chi connectivity index (χ3n) is 10.7. The Morgan fingerprint density at radius 1 is 1.10 bits per heavy atom. The van der Waals surface area contributed by atoms with Crippen molar-refractivity contribution in [1.29, 1.82) is 0 Å². The number of nitrogens with one attached hydrogen (secondary N) is 1. The quantitative estimate of drug-likeness (QED) is 0.170. The molecule has 1 aliphatic heterocycles. The zero-order chi connectivity index (χ0) is 36.6. The number of allylic oxidation sites excluding steroid dienone is 1. The van der Waals surface area contributed by atoms with Gasteiger partial charge in [0.1, 0.15) is 23.4 Å². The van der Waals surface area contributed by atoms with Gasteiger partial charge in [0, 0.05) is 43.1 Å². The second kappa shape index (κ2) is 14.4. The summed E-state index contributed by atoms with van der Waals surface area (Å²) in [5.74, 6) is -4.54. The number of hydrogen-bond acceptors (Lipinski definition) is 11. The lowest BCUT2D eigenvalue weighted by Crippen LogP contribution is -2.75. The third kappa shape index (κ3) is 7.12. The van der Waals surface area contributed by atoms with Crippen LogP contribution in [0, 0.1) is 17.3 Å². The van der Waals surface area contributed by atoms with Gasteiger partial charge in [-0.3, -0.25) is 9.59 Å². The Kier molecular flexibility index (Phi) is 11.3. The van der Waals surface area contributed by atoms with Crippen LogP contribution in [0.15, 0.2) is 53.1 Å². The lowest BCUT2D eigenvalue weighted by molar-refractivity contribution is -0.328. The summed E-state index contributed by atoms with van der Waals surface area (Å²) in [5.41, 5.74) is -3.86. The second-order valence-corrected chi connectivity index (χ2v) is 14.6. The highest BCUT2D eigenvalue weighted by Crippen LogP contribution is 2.57. The molecule has 2 fully saturated rings. The number of ketones is 1. The van der Waals surface area contributed by atoms with Gasteiger partial charge in [0.15, 0.2) is 11.9 Å². The number of aliphatic hydroxyl groups is 4. The molecule has 1 saturated carbocycles. The highest BCUT2D eigenvalue weighted by atomic mass is 16.6. The molecule has 1 heterocycles. The number of carbonyl (C=O) groups is 4. The molecule has 4 rings (SSSR count). The fourth-order valence-electron chi connectivity index (χ4n) is 7.92. The fourth-order valence-corrected chi connectivity index (χ4v) is 7.92. The zero-order valence-corrected chi connectivity index (χ0v) is 29.6. The van der Waals surface area contributed by atoms with Gasteiger partial charge in [-0.05, 0) is 44.4 Å². The number of aliphatic hydroxyl groups excluding tert-OH is 2. The van der Waals surface area contributed by atoms with Gasteiger partial charge in [-0.25, -0.2) is 9.59 Å². The molecule has 9 unspecified atom stereocenters. The van der Waals surface area contributed by atoms with Crippen LogP contribution in [0.2, 0.25) is 0 Å². The van der Waals surface area contributed by atoms with E-state index in [2.05, 4.69) is 5.32 Å². The van der Waals surface area contributed by atoms with Crippen molar-refractivity contribution in [2.75, 3.05) is 6.61 Å². The molecule has 0 radical (unpaired) electrons. The van der Waals surface area contributed by atoms with E-state index in [4.69, 9.17) is 14.2 Å². The summed E-state index contributed by atoms with van der Waals surface area (Å²) in [6.45, 7) is 12.8. The summed E-state index contributed by atoms with van der Waals surface area (Å²) in [5, 5.41) is 49.9.